The topological polar surface area (TPSA) is 60.4 Å². The monoisotopic (exact) mass is 312 g/mol. The number of hydrogen-bond donors (Lipinski definition) is 1. The second-order valence-corrected chi connectivity index (χ2v) is 6.50. The van der Waals surface area contributed by atoms with Crippen molar-refractivity contribution >= 4 is 0 Å². The van der Waals surface area contributed by atoms with Crippen LogP contribution in [0.1, 0.15) is 37.7 Å². The first-order valence-corrected chi connectivity index (χ1v) is 7.89. The largest absolute Gasteiger partial charge is 0.467 e. The number of rotatable bonds is 8. The molecule has 1 atom stereocenters. The molecule has 122 valence electrons. The first-order valence-electron chi connectivity index (χ1n) is 7.89. The molecule has 1 N–H and O–H groups in total. The molecule has 0 aliphatic rings. The molecule has 1 heterocycles. The Balaban J connectivity index is 2.03. The van der Waals surface area contributed by atoms with E-state index in [-0.39, 0.29) is 5.41 Å². The molecule has 0 fully saturated rings. The van der Waals surface area contributed by atoms with Crippen molar-refractivity contribution in [2.75, 3.05) is 13.1 Å². The predicted octanol–water partition coefficient (Wildman–Crippen LogP) is 3.76. The number of hydrogen-bond acceptors (Lipinski definition) is 4. The van der Waals surface area contributed by atoms with Gasteiger partial charge >= 0.3 is 0 Å². The molecule has 4 nitrogen and oxygen atoms in total. The van der Waals surface area contributed by atoms with Gasteiger partial charge < -0.3 is 9.52 Å². The maximum absolute atomic E-state index is 10.3. The molecule has 1 aromatic heterocycles. The summed E-state index contributed by atoms with van der Waals surface area (Å²) < 4.78 is 5.28. The molecule has 1 unspecified atom stereocenters. The van der Waals surface area contributed by atoms with Crippen molar-refractivity contribution in [3.05, 3.63) is 60.1 Å². The highest BCUT2D eigenvalue weighted by Gasteiger charge is 2.21. The number of benzene rings is 1. The van der Waals surface area contributed by atoms with Crippen molar-refractivity contribution in [2.24, 2.45) is 5.41 Å². The zero-order valence-electron chi connectivity index (χ0n) is 13.8. The SMILES string of the molecule is CC(C)(C#N)CCN(Cc1ccccc1)CC(O)c1ccco1. The third-order valence-corrected chi connectivity index (χ3v) is 3.91. The van der Waals surface area contributed by atoms with E-state index in [4.69, 9.17) is 4.42 Å². The van der Waals surface area contributed by atoms with Gasteiger partial charge in [-0.3, -0.25) is 4.90 Å². The van der Waals surface area contributed by atoms with Crippen molar-refractivity contribution < 1.29 is 9.52 Å². The van der Waals surface area contributed by atoms with Gasteiger partial charge in [-0.15, -0.1) is 0 Å². The van der Waals surface area contributed by atoms with Crippen LogP contribution in [0.2, 0.25) is 0 Å². The van der Waals surface area contributed by atoms with Crippen LogP contribution in [0.5, 0.6) is 0 Å². The van der Waals surface area contributed by atoms with E-state index < -0.39 is 6.10 Å². The van der Waals surface area contributed by atoms with E-state index in [9.17, 15) is 10.4 Å². The molecule has 0 spiro atoms. The smallest absolute Gasteiger partial charge is 0.133 e. The summed E-state index contributed by atoms with van der Waals surface area (Å²) in [5.41, 5.74) is 0.818. The van der Waals surface area contributed by atoms with E-state index in [0.717, 1.165) is 19.5 Å². The Morgan fingerprint density at radius 1 is 1.22 bits per heavy atom. The van der Waals surface area contributed by atoms with E-state index in [1.54, 1.807) is 18.4 Å². The van der Waals surface area contributed by atoms with Crippen LogP contribution < -0.4 is 0 Å². The number of aliphatic hydroxyl groups excluding tert-OH is 1. The third kappa shape index (κ3) is 5.55. The molecule has 0 bridgehead atoms. The van der Waals surface area contributed by atoms with Gasteiger partial charge in [-0.05, 0) is 38.0 Å². The van der Waals surface area contributed by atoms with Gasteiger partial charge in [0.05, 0.1) is 17.7 Å². The summed E-state index contributed by atoms with van der Waals surface area (Å²) in [5.74, 6) is 0.572. The van der Waals surface area contributed by atoms with Gasteiger partial charge in [0.25, 0.3) is 0 Å². The zero-order valence-corrected chi connectivity index (χ0v) is 13.8. The van der Waals surface area contributed by atoms with Crippen molar-refractivity contribution in [1.29, 1.82) is 5.26 Å². The summed E-state index contributed by atoms with van der Waals surface area (Å²) >= 11 is 0. The number of nitrogens with zero attached hydrogens (tertiary/aromatic N) is 2. The third-order valence-electron chi connectivity index (χ3n) is 3.91. The highest BCUT2D eigenvalue weighted by Crippen LogP contribution is 2.22. The Labute approximate surface area is 138 Å². The average Bonchev–Trinajstić information content (AvgIpc) is 3.08. The Morgan fingerprint density at radius 3 is 2.57 bits per heavy atom. The summed E-state index contributed by atoms with van der Waals surface area (Å²) in [6.45, 7) is 5.84. The first-order chi connectivity index (χ1) is 11.0. The fourth-order valence-electron chi connectivity index (χ4n) is 2.39. The lowest BCUT2D eigenvalue weighted by Crippen LogP contribution is -2.31. The van der Waals surface area contributed by atoms with Crippen LogP contribution in [-0.4, -0.2) is 23.1 Å². The lowest BCUT2D eigenvalue weighted by Gasteiger charge is -2.27. The van der Waals surface area contributed by atoms with Crippen molar-refractivity contribution in [2.45, 2.75) is 32.9 Å². The van der Waals surface area contributed by atoms with Gasteiger partial charge in [0, 0.05) is 19.6 Å². The minimum Gasteiger partial charge on any atom is -0.467 e. The first kappa shape index (κ1) is 17.3. The summed E-state index contributed by atoms with van der Waals surface area (Å²) in [6, 6.07) is 16.0. The molecule has 0 amide bonds. The lowest BCUT2D eigenvalue weighted by atomic mass is 9.91. The quantitative estimate of drug-likeness (QED) is 0.806. The maximum atomic E-state index is 10.3. The minimum atomic E-state index is -0.668. The van der Waals surface area contributed by atoms with Gasteiger partial charge in [-0.2, -0.15) is 5.26 Å². The maximum Gasteiger partial charge on any atom is 0.133 e. The van der Waals surface area contributed by atoms with Crippen molar-refractivity contribution in [1.82, 2.24) is 4.90 Å². The van der Waals surface area contributed by atoms with Crippen molar-refractivity contribution in [3.63, 3.8) is 0 Å². The lowest BCUT2D eigenvalue weighted by molar-refractivity contribution is 0.0865. The second kappa shape index (κ2) is 7.96. The Hall–Kier alpha value is -2.09. The molecule has 0 radical (unpaired) electrons. The predicted molar refractivity (Wildman–Crippen MR) is 89.4 cm³/mol. The van der Waals surface area contributed by atoms with E-state index >= 15 is 0 Å². The Morgan fingerprint density at radius 2 is 1.96 bits per heavy atom. The van der Waals surface area contributed by atoms with Gasteiger partial charge in [-0.1, -0.05) is 30.3 Å². The minimum absolute atomic E-state index is 0.370. The highest BCUT2D eigenvalue weighted by atomic mass is 16.4. The molecule has 0 saturated carbocycles. The molecule has 2 rings (SSSR count). The molecule has 0 aliphatic carbocycles. The van der Waals surface area contributed by atoms with Crippen LogP contribution in [0.15, 0.2) is 53.1 Å². The summed E-state index contributed by atoms with van der Waals surface area (Å²) in [6.07, 6.45) is 1.65. The highest BCUT2D eigenvalue weighted by molar-refractivity contribution is 5.14. The van der Waals surface area contributed by atoms with Gasteiger partial charge in [0.15, 0.2) is 0 Å². The number of nitriles is 1. The Kier molecular flexibility index (Phi) is 5.97. The number of aliphatic hydroxyl groups is 1. The molecule has 0 aliphatic heterocycles. The van der Waals surface area contributed by atoms with Gasteiger partial charge in [0.1, 0.15) is 11.9 Å². The molecular formula is C19H24N2O2. The molecular weight excluding hydrogens is 288 g/mol. The van der Waals surface area contributed by atoms with E-state index in [0.29, 0.717) is 12.3 Å². The standard InChI is InChI=1S/C19H24N2O2/c1-19(2,15-20)10-11-21(13-16-7-4-3-5-8-16)14-17(22)18-9-6-12-23-18/h3-9,12,17,22H,10-11,13-14H2,1-2H3. The molecule has 4 heteroatoms. The fourth-order valence-corrected chi connectivity index (χ4v) is 2.39. The van der Waals surface area contributed by atoms with E-state index in [1.165, 1.54) is 5.56 Å². The summed E-state index contributed by atoms with van der Waals surface area (Å²) in [5, 5.41) is 19.5. The molecule has 2 aromatic rings. The van der Waals surface area contributed by atoms with Gasteiger partial charge in [0.2, 0.25) is 0 Å². The molecule has 0 saturated heterocycles. The molecule has 1 aromatic carbocycles. The van der Waals surface area contributed by atoms with Crippen molar-refractivity contribution in [3.8, 4) is 6.07 Å². The van der Waals surface area contributed by atoms with E-state index in [1.807, 2.05) is 32.0 Å². The van der Waals surface area contributed by atoms with Crippen LogP contribution in [0, 0.1) is 16.7 Å². The fraction of sp³-hybridized carbons (Fsp3) is 0.421. The van der Waals surface area contributed by atoms with Crippen LogP contribution in [0.25, 0.3) is 0 Å². The molecule has 23 heavy (non-hydrogen) atoms. The second-order valence-electron chi connectivity index (χ2n) is 6.50. The van der Waals surface area contributed by atoms with Crippen LogP contribution in [0.4, 0.5) is 0 Å². The number of furan rings is 1. The van der Waals surface area contributed by atoms with Gasteiger partial charge in [-0.25, -0.2) is 0 Å². The van der Waals surface area contributed by atoms with Crippen LogP contribution in [-0.2, 0) is 6.54 Å². The van der Waals surface area contributed by atoms with Crippen LogP contribution in [0.3, 0.4) is 0 Å². The normalized spacial score (nSPS) is 13.0. The summed E-state index contributed by atoms with van der Waals surface area (Å²) in [4.78, 5) is 2.17. The Bertz CT molecular complexity index is 615. The zero-order chi connectivity index (χ0) is 16.7. The van der Waals surface area contributed by atoms with Crippen LogP contribution >= 0.6 is 0 Å². The van der Waals surface area contributed by atoms with E-state index in [2.05, 4.69) is 23.1 Å². The summed E-state index contributed by atoms with van der Waals surface area (Å²) in [7, 11) is 0. The average molecular weight is 312 g/mol.